The predicted octanol–water partition coefficient (Wildman–Crippen LogP) is 1.33. The average Bonchev–Trinajstić information content (AvgIpc) is 2.66. The van der Waals surface area contributed by atoms with E-state index in [0.717, 1.165) is 13.1 Å². The molecule has 0 spiro atoms. The molecule has 1 aliphatic heterocycles. The molecule has 0 unspecified atom stereocenters. The van der Waals surface area contributed by atoms with Crippen LogP contribution in [0.3, 0.4) is 0 Å². The Morgan fingerprint density at radius 3 is 3.00 bits per heavy atom. The van der Waals surface area contributed by atoms with Crippen LogP contribution in [0.25, 0.3) is 0 Å². The first kappa shape index (κ1) is 10.4. The maximum atomic E-state index is 5.67. The summed E-state index contributed by atoms with van der Waals surface area (Å²) in [5, 5.41) is 3.96. The molecule has 0 aliphatic carbocycles. The maximum Gasteiger partial charge on any atom is 0.266 e. The molecule has 84 valence electrons. The number of hydrogen-bond acceptors (Lipinski definition) is 5. The van der Waals surface area contributed by atoms with Crippen molar-refractivity contribution >= 4 is 5.95 Å². The maximum absolute atomic E-state index is 5.67. The largest absolute Gasteiger partial charge is 0.338 e. The number of anilines is 1. The fourth-order valence-corrected chi connectivity index (χ4v) is 1.91. The summed E-state index contributed by atoms with van der Waals surface area (Å²) >= 11 is 0. The molecule has 15 heavy (non-hydrogen) atoms. The highest BCUT2D eigenvalue weighted by atomic mass is 16.5. The molecule has 1 aliphatic rings. The van der Waals surface area contributed by atoms with Crippen molar-refractivity contribution in [3.05, 3.63) is 5.89 Å². The molecule has 2 atom stereocenters. The third-order valence-electron chi connectivity index (χ3n) is 2.76. The standard InChI is InChI=1S/C10H18N4O/c1-7-4-3-5-14(6-7)10-12-9(8(2)11)15-13-10/h7-8H,3-6,11H2,1-2H3/t7-,8-/m0/s1. The van der Waals surface area contributed by atoms with Gasteiger partial charge in [0.15, 0.2) is 0 Å². The molecule has 2 N–H and O–H groups in total. The Morgan fingerprint density at radius 2 is 2.40 bits per heavy atom. The van der Waals surface area contributed by atoms with Crippen LogP contribution in [0, 0.1) is 5.92 Å². The van der Waals surface area contributed by atoms with Gasteiger partial charge in [-0.25, -0.2) is 0 Å². The third kappa shape index (κ3) is 2.28. The van der Waals surface area contributed by atoms with Crippen LogP contribution in [0.15, 0.2) is 4.52 Å². The Kier molecular flexibility index (Phi) is 2.90. The van der Waals surface area contributed by atoms with E-state index in [4.69, 9.17) is 10.3 Å². The molecule has 5 nitrogen and oxygen atoms in total. The van der Waals surface area contributed by atoms with Gasteiger partial charge in [0, 0.05) is 13.1 Å². The summed E-state index contributed by atoms with van der Waals surface area (Å²) in [7, 11) is 0. The highest BCUT2D eigenvalue weighted by Crippen LogP contribution is 2.21. The van der Waals surface area contributed by atoms with E-state index in [-0.39, 0.29) is 6.04 Å². The summed E-state index contributed by atoms with van der Waals surface area (Å²) in [5.74, 6) is 1.91. The molecule has 0 saturated carbocycles. The topological polar surface area (TPSA) is 68.2 Å². The van der Waals surface area contributed by atoms with Crippen molar-refractivity contribution in [1.29, 1.82) is 0 Å². The fourth-order valence-electron chi connectivity index (χ4n) is 1.91. The zero-order valence-corrected chi connectivity index (χ0v) is 9.31. The van der Waals surface area contributed by atoms with E-state index in [2.05, 4.69) is 22.0 Å². The van der Waals surface area contributed by atoms with E-state index in [0.29, 0.717) is 17.8 Å². The Labute approximate surface area is 89.6 Å². The minimum atomic E-state index is -0.187. The van der Waals surface area contributed by atoms with Gasteiger partial charge in [-0.2, -0.15) is 4.98 Å². The van der Waals surface area contributed by atoms with Gasteiger partial charge in [-0.15, -0.1) is 0 Å². The number of aromatic nitrogens is 2. The van der Waals surface area contributed by atoms with Gasteiger partial charge in [-0.1, -0.05) is 6.92 Å². The highest BCUT2D eigenvalue weighted by Gasteiger charge is 2.21. The van der Waals surface area contributed by atoms with Gasteiger partial charge in [0.25, 0.3) is 5.95 Å². The third-order valence-corrected chi connectivity index (χ3v) is 2.76. The van der Waals surface area contributed by atoms with Crippen molar-refractivity contribution in [2.45, 2.75) is 32.7 Å². The van der Waals surface area contributed by atoms with Crippen molar-refractivity contribution in [2.24, 2.45) is 11.7 Å². The van der Waals surface area contributed by atoms with Crippen LogP contribution in [-0.2, 0) is 0 Å². The Bertz CT molecular complexity index is 323. The van der Waals surface area contributed by atoms with Gasteiger partial charge in [0.05, 0.1) is 6.04 Å². The van der Waals surface area contributed by atoms with E-state index < -0.39 is 0 Å². The van der Waals surface area contributed by atoms with E-state index in [1.54, 1.807) is 0 Å². The lowest BCUT2D eigenvalue weighted by Gasteiger charge is -2.29. The van der Waals surface area contributed by atoms with Crippen LogP contribution < -0.4 is 10.6 Å². The molecule has 5 heteroatoms. The SMILES string of the molecule is C[C@H]1CCCN(c2noc([C@H](C)N)n2)C1. The number of nitrogens with two attached hydrogens (primary N) is 1. The van der Waals surface area contributed by atoms with Gasteiger partial charge in [0.1, 0.15) is 0 Å². The average molecular weight is 210 g/mol. The lowest BCUT2D eigenvalue weighted by Crippen LogP contribution is -2.34. The van der Waals surface area contributed by atoms with Gasteiger partial charge in [0.2, 0.25) is 5.89 Å². The van der Waals surface area contributed by atoms with Crippen molar-refractivity contribution < 1.29 is 4.52 Å². The molecular formula is C10H18N4O. The lowest BCUT2D eigenvalue weighted by atomic mass is 10.0. The Morgan fingerprint density at radius 1 is 1.60 bits per heavy atom. The second-order valence-corrected chi connectivity index (χ2v) is 4.41. The molecule has 0 aromatic carbocycles. The van der Waals surface area contributed by atoms with E-state index in [1.807, 2.05) is 6.92 Å². The van der Waals surface area contributed by atoms with Gasteiger partial charge in [-0.3, -0.25) is 0 Å². The van der Waals surface area contributed by atoms with Crippen LogP contribution in [0.4, 0.5) is 5.95 Å². The van der Waals surface area contributed by atoms with Crippen LogP contribution in [0.2, 0.25) is 0 Å². The number of hydrogen-bond donors (Lipinski definition) is 1. The first-order valence-corrected chi connectivity index (χ1v) is 5.51. The molecule has 0 bridgehead atoms. The van der Waals surface area contributed by atoms with E-state index in [1.165, 1.54) is 12.8 Å². The summed E-state index contributed by atoms with van der Waals surface area (Å²) in [6.07, 6.45) is 2.48. The molecule has 0 radical (unpaired) electrons. The summed E-state index contributed by atoms with van der Waals surface area (Å²) in [5.41, 5.74) is 5.67. The van der Waals surface area contributed by atoms with Crippen molar-refractivity contribution in [2.75, 3.05) is 18.0 Å². The Balaban J connectivity index is 2.08. The zero-order valence-electron chi connectivity index (χ0n) is 9.31. The number of nitrogens with zero attached hydrogens (tertiary/aromatic N) is 3. The van der Waals surface area contributed by atoms with Gasteiger partial charge < -0.3 is 15.2 Å². The fraction of sp³-hybridized carbons (Fsp3) is 0.800. The summed E-state index contributed by atoms with van der Waals surface area (Å²) in [4.78, 5) is 6.46. The van der Waals surface area contributed by atoms with Crippen molar-refractivity contribution in [1.82, 2.24) is 10.1 Å². The van der Waals surface area contributed by atoms with Crippen LogP contribution >= 0.6 is 0 Å². The van der Waals surface area contributed by atoms with Gasteiger partial charge >= 0.3 is 0 Å². The molecule has 1 fully saturated rings. The molecule has 1 saturated heterocycles. The first-order valence-electron chi connectivity index (χ1n) is 5.51. The van der Waals surface area contributed by atoms with Crippen LogP contribution in [0.5, 0.6) is 0 Å². The lowest BCUT2D eigenvalue weighted by molar-refractivity contribution is 0.358. The van der Waals surface area contributed by atoms with Crippen molar-refractivity contribution in [3.63, 3.8) is 0 Å². The molecule has 2 heterocycles. The molecular weight excluding hydrogens is 192 g/mol. The van der Waals surface area contributed by atoms with Gasteiger partial charge in [-0.05, 0) is 30.8 Å². The van der Waals surface area contributed by atoms with Crippen LogP contribution in [0.1, 0.15) is 38.6 Å². The summed E-state index contributed by atoms with van der Waals surface area (Å²) < 4.78 is 5.09. The normalized spacial score (nSPS) is 24.2. The molecule has 1 aromatic heterocycles. The molecule has 0 amide bonds. The molecule has 2 rings (SSSR count). The quantitative estimate of drug-likeness (QED) is 0.797. The smallest absolute Gasteiger partial charge is 0.266 e. The van der Waals surface area contributed by atoms with E-state index in [9.17, 15) is 0 Å². The van der Waals surface area contributed by atoms with E-state index >= 15 is 0 Å². The monoisotopic (exact) mass is 210 g/mol. The number of piperidine rings is 1. The highest BCUT2D eigenvalue weighted by molar-refractivity contribution is 5.28. The minimum absolute atomic E-state index is 0.187. The predicted molar refractivity (Wildman–Crippen MR) is 57.5 cm³/mol. The van der Waals surface area contributed by atoms with Crippen molar-refractivity contribution in [3.8, 4) is 0 Å². The second-order valence-electron chi connectivity index (χ2n) is 4.41. The summed E-state index contributed by atoms with van der Waals surface area (Å²) in [6.45, 7) is 6.12. The summed E-state index contributed by atoms with van der Waals surface area (Å²) in [6, 6.07) is -0.187. The number of rotatable bonds is 2. The first-order chi connectivity index (χ1) is 7.16. The van der Waals surface area contributed by atoms with Crippen LogP contribution in [-0.4, -0.2) is 23.2 Å². The zero-order chi connectivity index (χ0) is 10.8. The second kappa shape index (κ2) is 4.18. The Hall–Kier alpha value is -1.10. The molecule has 1 aromatic rings. The minimum Gasteiger partial charge on any atom is -0.338 e.